The van der Waals surface area contributed by atoms with Gasteiger partial charge in [0.15, 0.2) is 16.9 Å². The summed E-state index contributed by atoms with van der Waals surface area (Å²) in [5.41, 5.74) is 1.66. The van der Waals surface area contributed by atoms with Gasteiger partial charge in [0.1, 0.15) is 5.56 Å². The molecule has 0 bridgehead atoms. The molecule has 0 spiro atoms. The van der Waals surface area contributed by atoms with Crippen molar-refractivity contribution < 1.29 is 19.4 Å². The lowest BCUT2D eigenvalue weighted by Gasteiger charge is -2.31. The number of carboxylic acid groups (broad SMARTS) is 1. The topological polar surface area (TPSA) is 82.1 Å². The summed E-state index contributed by atoms with van der Waals surface area (Å²) in [5, 5.41) is 11.4. The lowest BCUT2D eigenvalue weighted by atomic mass is 9.91. The van der Waals surface area contributed by atoms with Crippen LogP contribution < -0.4 is 14.9 Å². The van der Waals surface area contributed by atoms with Crippen LogP contribution in [0.1, 0.15) is 33.3 Å². The Balaban J connectivity index is 1.85. The molecule has 0 aliphatic carbocycles. The summed E-state index contributed by atoms with van der Waals surface area (Å²) in [6.45, 7) is 7.69. The lowest BCUT2D eigenvalue weighted by molar-refractivity contribution is 0.0694. The van der Waals surface area contributed by atoms with Crippen LogP contribution in [0.25, 0.3) is 16.1 Å². The van der Waals surface area contributed by atoms with Crippen molar-refractivity contribution in [3.63, 3.8) is 0 Å². The van der Waals surface area contributed by atoms with E-state index in [1.807, 2.05) is 34.2 Å². The SMILES string of the molecule is [C-]#[N+]CCCOc1cc2c(cc1OC)-c1cc(=O)c(C(=O)O)cn1C(c1cccs1)C2. The molecule has 0 fully saturated rings. The van der Waals surface area contributed by atoms with Gasteiger partial charge in [0.2, 0.25) is 6.54 Å². The molecule has 3 aromatic rings. The molecule has 8 heteroatoms. The Kier molecular flexibility index (Phi) is 5.78. The number of nitrogens with zero attached hydrogens (tertiary/aromatic N) is 2. The number of aromatic nitrogens is 1. The van der Waals surface area contributed by atoms with Crippen molar-refractivity contribution in [3.8, 4) is 22.8 Å². The van der Waals surface area contributed by atoms with Crippen LogP contribution in [0, 0.1) is 6.57 Å². The molecule has 0 saturated carbocycles. The molecular weight excluding hydrogens is 416 g/mol. The normalized spacial score (nSPS) is 14.3. The molecule has 0 saturated heterocycles. The fraction of sp³-hybridized carbons (Fsp3) is 0.261. The Morgan fingerprint density at radius 1 is 1.35 bits per heavy atom. The van der Waals surface area contributed by atoms with E-state index in [0.717, 1.165) is 16.0 Å². The van der Waals surface area contributed by atoms with E-state index in [2.05, 4.69) is 4.85 Å². The maximum atomic E-state index is 12.5. The van der Waals surface area contributed by atoms with Crippen molar-refractivity contribution in [3.05, 3.63) is 79.6 Å². The molecule has 1 atom stereocenters. The highest BCUT2D eigenvalue weighted by atomic mass is 32.1. The van der Waals surface area contributed by atoms with E-state index in [0.29, 0.717) is 43.2 Å². The Morgan fingerprint density at radius 2 is 2.19 bits per heavy atom. The highest BCUT2D eigenvalue weighted by molar-refractivity contribution is 7.10. The number of carboxylic acids is 1. The first-order valence-electron chi connectivity index (χ1n) is 9.73. The fourth-order valence-corrected chi connectivity index (χ4v) is 4.64. The summed E-state index contributed by atoms with van der Waals surface area (Å²) in [5.74, 6) is -0.122. The molecule has 1 N–H and O–H groups in total. The first kappa shape index (κ1) is 20.7. The third-order valence-electron chi connectivity index (χ3n) is 5.27. The van der Waals surface area contributed by atoms with E-state index >= 15 is 0 Å². The van der Waals surface area contributed by atoms with E-state index in [-0.39, 0.29) is 11.6 Å². The molecule has 1 unspecified atom stereocenters. The number of hydrogen-bond donors (Lipinski definition) is 1. The quantitative estimate of drug-likeness (QED) is 0.445. The summed E-state index contributed by atoms with van der Waals surface area (Å²) in [7, 11) is 1.55. The van der Waals surface area contributed by atoms with Crippen LogP contribution in [0.5, 0.6) is 11.5 Å². The molecule has 0 radical (unpaired) electrons. The second-order valence-corrected chi connectivity index (χ2v) is 8.11. The number of methoxy groups -OCH3 is 1. The van der Waals surface area contributed by atoms with Crippen LogP contribution in [0.2, 0.25) is 0 Å². The summed E-state index contributed by atoms with van der Waals surface area (Å²) in [6, 6.07) is 8.97. The molecule has 1 aliphatic rings. The van der Waals surface area contributed by atoms with Gasteiger partial charge in [0, 0.05) is 22.7 Å². The molecule has 0 amide bonds. The van der Waals surface area contributed by atoms with Gasteiger partial charge in [-0.05, 0) is 35.6 Å². The van der Waals surface area contributed by atoms with E-state index in [4.69, 9.17) is 16.0 Å². The summed E-state index contributed by atoms with van der Waals surface area (Å²) < 4.78 is 13.3. The second kappa shape index (κ2) is 8.66. The summed E-state index contributed by atoms with van der Waals surface area (Å²) in [6.07, 6.45) is 2.68. The number of fused-ring (bicyclic) bond motifs is 3. The number of pyridine rings is 1. The number of ether oxygens (including phenoxy) is 2. The molecule has 3 heterocycles. The van der Waals surface area contributed by atoms with Gasteiger partial charge in [-0.2, -0.15) is 0 Å². The van der Waals surface area contributed by atoms with Crippen molar-refractivity contribution in [2.75, 3.05) is 20.3 Å². The maximum absolute atomic E-state index is 12.5. The number of rotatable bonds is 7. The molecule has 1 aliphatic heterocycles. The Bertz CT molecular complexity index is 1220. The molecule has 7 nitrogen and oxygen atoms in total. The van der Waals surface area contributed by atoms with E-state index < -0.39 is 11.4 Å². The minimum Gasteiger partial charge on any atom is -0.493 e. The van der Waals surface area contributed by atoms with Crippen molar-refractivity contribution in [2.45, 2.75) is 18.9 Å². The molecular formula is C23H20N2O5S. The van der Waals surface area contributed by atoms with Gasteiger partial charge in [-0.25, -0.2) is 11.4 Å². The number of thiophene rings is 1. The predicted octanol–water partition coefficient (Wildman–Crippen LogP) is 4.12. The lowest BCUT2D eigenvalue weighted by Crippen LogP contribution is -2.25. The van der Waals surface area contributed by atoms with Crippen LogP contribution in [-0.4, -0.2) is 35.9 Å². The minimum absolute atomic E-state index is 0.135. The number of carbonyl (C=O) groups is 1. The van der Waals surface area contributed by atoms with Gasteiger partial charge in [-0.3, -0.25) is 4.79 Å². The molecule has 158 valence electrons. The molecule has 31 heavy (non-hydrogen) atoms. The van der Waals surface area contributed by atoms with Crippen LogP contribution in [0.4, 0.5) is 0 Å². The fourth-order valence-electron chi connectivity index (χ4n) is 3.82. The summed E-state index contributed by atoms with van der Waals surface area (Å²) >= 11 is 1.59. The van der Waals surface area contributed by atoms with Gasteiger partial charge in [-0.15, -0.1) is 11.3 Å². The molecule has 4 rings (SSSR count). The number of hydrogen-bond acceptors (Lipinski definition) is 5. The van der Waals surface area contributed by atoms with Crippen molar-refractivity contribution in [1.82, 2.24) is 4.57 Å². The second-order valence-electron chi connectivity index (χ2n) is 7.13. The van der Waals surface area contributed by atoms with Gasteiger partial charge >= 0.3 is 5.97 Å². The van der Waals surface area contributed by atoms with Gasteiger partial charge < -0.3 is 24.0 Å². The Labute approximate surface area is 182 Å². The van der Waals surface area contributed by atoms with Crippen molar-refractivity contribution in [2.24, 2.45) is 0 Å². The van der Waals surface area contributed by atoms with Crippen molar-refractivity contribution >= 4 is 17.3 Å². The first-order valence-corrected chi connectivity index (χ1v) is 10.6. The average Bonchev–Trinajstić information content (AvgIpc) is 3.29. The zero-order chi connectivity index (χ0) is 22.0. The number of aromatic carboxylic acids is 1. The maximum Gasteiger partial charge on any atom is 0.341 e. The van der Waals surface area contributed by atoms with Crippen LogP contribution in [-0.2, 0) is 6.42 Å². The largest absolute Gasteiger partial charge is 0.493 e. The zero-order valence-corrected chi connectivity index (χ0v) is 17.6. The van der Waals surface area contributed by atoms with E-state index in [9.17, 15) is 14.7 Å². The predicted molar refractivity (Wildman–Crippen MR) is 117 cm³/mol. The monoisotopic (exact) mass is 436 g/mol. The highest BCUT2D eigenvalue weighted by Crippen LogP contribution is 2.43. The van der Waals surface area contributed by atoms with Crippen LogP contribution in [0.15, 0.2) is 46.7 Å². The smallest absolute Gasteiger partial charge is 0.341 e. The van der Waals surface area contributed by atoms with Crippen molar-refractivity contribution in [1.29, 1.82) is 0 Å². The minimum atomic E-state index is -1.24. The van der Waals surface area contributed by atoms with Gasteiger partial charge in [-0.1, -0.05) is 6.07 Å². The van der Waals surface area contributed by atoms with Gasteiger partial charge in [0.25, 0.3) is 0 Å². The first-order chi connectivity index (χ1) is 15.0. The molecule has 2 aromatic heterocycles. The van der Waals surface area contributed by atoms with Crippen LogP contribution in [0.3, 0.4) is 0 Å². The van der Waals surface area contributed by atoms with E-state index in [1.165, 1.54) is 12.3 Å². The Hall–Kier alpha value is -3.57. The zero-order valence-electron chi connectivity index (χ0n) is 16.8. The third-order valence-corrected chi connectivity index (χ3v) is 6.24. The van der Waals surface area contributed by atoms with Gasteiger partial charge in [0.05, 0.1) is 31.9 Å². The third kappa shape index (κ3) is 3.92. The Morgan fingerprint density at radius 3 is 2.87 bits per heavy atom. The summed E-state index contributed by atoms with van der Waals surface area (Å²) in [4.78, 5) is 28.5. The van der Waals surface area contributed by atoms with Crippen LogP contribution >= 0.6 is 11.3 Å². The highest BCUT2D eigenvalue weighted by Gasteiger charge is 2.29. The standard InChI is InChI=1S/C23H20N2O5S/c1-24-6-4-7-30-21-10-14-9-18(22-5-3-8-31-22)25-13-16(23(27)28)19(26)12-17(25)15(14)11-20(21)29-2/h3,5,8,10-13,18H,4,6-7,9H2,2H3,(H,27,28). The van der Waals surface area contributed by atoms with E-state index in [1.54, 1.807) is 18.4 Å². The average molecular weight is 436 g/mol. The molecule has 1 aromatic carbocycles. The number of benzene rings is 1.